The van der Waals surface area contributed by atoms with Crippen LogP contribution in [-0.2, 0) is 4.79 Å². The van der Waals surface area contributed by atoms with E-state index in [1.54, 1.807) is 24.4 Å². The Morgan fingerprint density at radius 2 is 2.03 bits per heavy atom. The van der Waals surface area contributed by atoms with Gasteiger partial charge in [0.05, 0.1) is 17.9 Å². The Morgan fingerprint density at radius 3 is 2.74 bits per heavy atom. The number of nitrogens with zero attached hydrogens (tertiary/aromatic N) is 3. The highest BCUT2D eigenvalue weighted by Gasteiger charge is 2.50. The maximum Gasteiger partial charge on any atom is 0.260 e. The van der Waals surface area contributed by atoms with E-state index < -0.39 is 0 Å². The number of ether oxygens (including phenoxy) is 2. The second kappa shape index (κ2) is 9.50. The number of rotatable bonds is 7. The number of likely N-dealkylation sites (tertiary alicyclic amines) is 1. The molecule has 178 valence electrons. The molecular weight excluding hydrogens is 426 g/mol. The fourth-order valence-electron chi connectivity index (χ4n) is 5.83. The van der Waals surface area contributed by atoms with E-state index in [4.69, 9.17) is 9.47 Å². The van der Waals surface area contributed by atoms with Crippen molar-refractivity contribution < 1.29 is 14.3 Å². The monoisotopic (exact) mass is 459 g/mol. The molecule has 2 bridgehead atoms. The van der Waals surface area contributed by atoms with E-state index in [1.165, 1.54) is 0 Å². The fourth-order valence-corrected chi connectivity index (χ4v) is 5.83. The van der Waals surface area contributed by atoms with Crippen molar-refractivity contribution in [2.75, 3.05) is 19.8 Å². The molecule has 2 aliphatic rings. The number of amides is 1. The molecule has 1 saturated carbocycles. The highest BCUT2D eigenvalue weighted by molar-refractivity contribution is 5.88. The summed E-state index contributed by atoms with van der Waals surface area (Å²) in [5.74, 6) is 1.10. The number of hydrogen-bond donors (Lipinski definition) is 0. The first-order valence-electron chi connectivity index (χ1n) is 11.9. The Morgan fingerprint density at radius 1 is 1.21 bits per heavy atom. The summed E-state index contributed by atoms with van der Waals surface area (Å²) in [6, 6.07) is 13.4. The minimum atomic E-state index is -0.0142. The number of nitriles is 1. The number of benzene rings is 1. The third-order valence-corrected chi connectivity index (χ3v) is 6.73. The highest BCUT2D eigenvalue weighted by atomic mass is 16.5. The second-order valence-corrected chi connectivity index (χ2v) is 10.5. The summed E-state index contributed by atoms with van der Waals surface area (Å²) in [5.41, 5.74) is 2.33. The molecule has 1 aliphatic carbocycles. The van der Waals surface area contributed by atoms with E-state index in [1.807, 2.05) is 36.1 Å². The van der Waals surface area contributed by atoms with E-state index in [-0.39, 0.29) is 23.3 Å². The first-order chi connectivity index (χ1) is 16.2. The van der Waals surface area contributed by atoms with Crippen molar-refractivity contribution in [3.8, 4) is 17.6 Å². The van der Waals surface area contributed by atoms with Crippen molar-refractivity contribution in [3.05, 3.63) is 53.9 Å². The molecule has 1 amide bonds. The van der Waals surface area contributed by atoms with Gasteiger partial charge in [-0.1, -0.05) is 32.9 Å². The van der Waals surface area contributed by atoms with E-state index in [9.17, 15) is 10.1 Å². The van der Waals surface area contributed by atoms with Crippen LogP contribution in [0.15, 0.2) is 42.6 Å². The van der Waals surface area contributed by atoms with Crippen LogP contribution in [0.4, 0.5) is 0 Å². The van der Waals surface area contributed by atoms with E-state index in [0.29, 0.717) is 35.4 Å². The summed E-state index contributed by atoms with van der Waals surface area (Å²) in [5, 5.41) is 9.58. The standard InChI is InChI=1S/C28H33N3O3/c1-5-33-25-13-20(12-21(16-29)23-8-6-7-11-30-23)9-10-24(25)34-17-26(32)31-19-28(4)15-22(31)14-27(2,3)18-28/h6-13,22H,5,14-15,17-19H2,1-4H3/b21-12-/t22-,28-/m0/s1. The van der Waals surface area contributed by atoms with Gasteiger partial charge >= 0.3 is 0 Å². The maximum absolute atomic E-state index is 13.1. The molecule has 0 unspecified atom stereocenters. The van der Waals surface area contributed by atoms with Crippen molar-refractivity contribution in [3.63, 3.8) is 0 Å². The third kappa shape index (κ3) is 5.25. The molecule has 2 heterocycles. The number of aromatic nitrogens is 1. The van der Waals surface area contributed by atoms with E-state index in [0.717, 1.165) is 31.4 Å². The van der Waals surface area contributed by atoms with Gasteiger partial charge in [-0.25, -0.2) is 0 Å². The molecule has 1 aliphatic heterocycles. The van der Waals surface area contributed by atoms with Gasteiger partial charge in [0.1, 0.15) is 6.07 Å². The number of carbonyl (C=O) groups is 1. The predicted molar refractivity (Wildman–Crippen MR) is 132 cm³/mol. The zero-order valence-corrected chi connectivity index (χ0v) is 20.5. The molecular formula is C28H33N3O3. The molecule has 1 aromatic carbocycles. The number of allylic oxidation sites excluding steroid dienone is 1. The van der Waals surface area contributed by atoms with Crippen LogP contribution in [0.1, 0.15) is 58.2 Å². The topological polar surface area (TPSA) is 75.5 Å². The SMILES string of the molecule is CCOc1cc(/C=C(/C#N)c2ccccn2)ccc1OCC(=O)N1C[C@@]2(C)C[C@@H]1CC(C)(C)C2. The van der Waals surface area contributed by atoms with Crippen LogP contribution >= 0.6 is 0 Å². The van der Waals surface area contributed by atoms with Crippen LogP contribution in [0.5, 0.6) is 11.5 Å². The maximum atomic E-state index is 13.1. The lowest BCUT2D eigenvalue weighted by Gasteiger charge is -2.39. The Labute approximate surface area is 202 Å². The van der Waals surface area contributed by atoms with Gasteiger partial charge in [0.25, 0.3) is 5.91 Å². The third-order valence-electron chi connectivity index (χ3n) is 6.73. The van der Waals surface area contributed by atoms with Crippen molar-refractivity contribution in [2.45, 2.75) is 53.0 Å². The zero-order chi connectivity index (χ0) is 24.3. The molecule has 6 heteroatoms. The van der Waals surface area contributed by atoms with Gasteiger partial charge in [0.2, 0.25) is 0 Å². The zero-order valence-electron chi connectivity index (χ0n) is 20.5. The number of carbonyl (C=O) groups excluding carboxylic acids is 1. The largest absolute Gasteiger partial charge is 0.490 e. The Kier molecular flexibility index (Phi) is 6.65. The van der Waals surface area contributed by atoms with Gasteiger partial charge in [0.15, 0.2) is 18.1 Å². The lowest BCUT2D eigenvalue weighted by Crippen LogP contribution is -2.40. The van der Waals surface area contributed by atoms with Gasteiger partial charge in [-0.2, -0.15) is 5.26 Å². The van der Waals surface area contributed by atoms with Gasteiger partial charge in [-0.15, -0.1) is 0 Å². The van der Waals surface area contributed by atoms with Crippen molar-refractivity contribution in [1.29, 1.82) is 5.26 Å². The van der Waals surface area contributed by atoms with Crippen molar-refractivity contribution in [2.24, 2.45) is 10.8 Å². The number of fused-ring (bicyclic) bond motifs is 2. The summed E-state index contributed by atoms with van der Waals surface area (Å²) in [6.45, 7) is 10.1. The quantitative estimate of drug-likeness (QED) is 0.522. The molecule has 34 heavy (non-hydrogen) atoms. The fraction of sp³-hybridized carbons (Fsp3) is 0.464. The van der Waals surface area contributed by atoms with Crippen LogP contribution in [0.25, 0.3) is 11.6 Å². The molecule has 4 rings (SSSR count). The average Bonchev–Trinajstić information content (AvgIpc) is 3.06. The summed E-state index contributed by atoms with van der Waals surface area (Å²) in [6.07, 6.45) is 6.69. The lowest BCUT2D eigenvalue weighted by molar-refractivity contribution is -0.134. The Hall–Kier alpha value is -3.33. The number of hydrogen-bond acceptors (Lipinski definition) is 5. The van der Waals surface area contributed by atoms with Gasteiger partial charge in [-0.3, -0.25) is 9.78 Å². The van der Waals surface area contributed by atoms with Crippen LogP contribution < -0.4 is 9.47 Å². The smallest absolute Gasteiger partial charge is 0.260 e. The van der Waals surface area contributed by atoms with Gasteiger partial charge < -0.3 is 14.4 Å². The van der Waals surface area contributed by atoms with Crippen molar-refractivity contribution in [1.82, 2.24) is 9.88 Å². The molecule has 0 radical (unpaired) electrons. The summed E-state index contributed by atoms with van der Waals surface area (Å²) in [4.78, 5) is 19.4. The van der Waals surface area contributed by atoms with Crippen LogP contribution in [0, 0.1) is 22.2 Å². The summed E-state index contributed by atoms with van der Waals surface area (Å²) >= 11 is 0. The van der Waals surface area contributed by atoms with Gasteiger partial charge in [-0.05, 0) is 72.9 Å². The molecule has 1 aromatic heterocycles. The minimum absolute atomic E-state index is 0.0142. The number of pyridine rings is 1. The molecule has 0 spiro atoms. The van der Waals surface area contributed by atoms with Crippen molar-refractivity contribution >= 4 is 17.6 Å². The van der Waals surface area contributed by atoms with E-state index in [2.05, 4.69) is 31.8 Å². The van der Waals surface area contributed by atoms with Gasteiger partial charge in [0, 0.05) is 18.8 Å². The molecule has 1 saturated heterocycles. The minimum Gasteiger partial charge on any atom is -0.490 e. The first-order valence-corrected chi connectivity index (χ1v) is 11.9. The Bertz CT molecular complexity index is 1120. The normalized spacial score (nSPS) is 23.3. The average molecular weight is 460 g/mol. The van der Waals surface area contributed by atoms with Crippen LogP contribution in [0.2, 0.25) is 0 Å². The summed E-state index contributed by atoms with van der Waals surface area (Å²) < 4.78 is 11.7. The molecule has 2 atom stereocenters. The molecule has 2 fully saturated rings. The predicted octanol–water partition coefficient (Wildman–Crippen LogP) is 5.35. The Balaban J connectivity index is 1.48. The lowest BCUT2D eigenvalue weighted by atomic mass is 9.65. The molecule has 6 nitrogen and oxygen atoms in total. The summed E-state index contributed by atoms with van der Waals surface area (Å²) in [7, 11) is 0. The molecule has 0 N–H and O–H groups in total. The first kappa shape index (κ1) is 23.8. The molecule has 2 aromatic rings. The van der Waals surface area contributed by atoms with Crippen LogP contribution in [-0.4, -0.2) is 41.6 Å². The second-order valence-electron chi connectivity index (χ2n) is 10.5. The van der Waals surface area contributed by atoms with E-state index >= 15 is 0 Å². The highest BCUT2D eigenvalue weighted by Crippen LogP contribution is 2.52. The van der Waals surface area contributed by atoms with Crippen LogP contribution in [0.3, 0.4) is 0 Å².